The smallest absolute Gasteiger partial charge is 0.104 e. The van der Waals surface area contributed by atoms with E-state index in [9.17, 15) is 0 Å². The van der Waals surface area contributed by atoms with Gasteiger partial charge in [-0.15, -0.1) is 18.9 Å². The molecule has 66 valence electrons. The van der Waals surface area contributed by atoms with E-state index in [1.807, 2.05) is 0 Å². The van der Waals surface area contributed by atoms with Gasteiger partial charge in [0.1, 0.15) is 6.10 Å². The first kappa shape index (κ1) is 16.6. The third-order valence-electron chi connectivity index (χ3n) is 0.606. The molecule has 0 spiro atoms. The Balaban J connectivity index is -0.0000000956. The van der Waals surface area contributed by atoms with Crippen LogP contribution in [0.25, 0.3) is 0 Å². The summed E-state index contributed by atoms with van der Waals surface area (Å²) in [5, 5.41) is 8.08. The molecule has 2 nitrogen and oxygen atoms in total. The quantitative estimate of drug-likeness (QED) is 0.358. The average molecular weight is 158 g/mol. The van der Waals surface area contributed by atoms with Gasteiger partial charge in [0.15, 0.2) is 0 Å². The summed E-state index contributed by atoms with van der Waals surface area (Å²) in [6, 6.07) is 0. The fourth-order valence-corrected chi connectivity index (χ4v) is 0.173. The van der Waals surface area contributed by atoms with Gasteiger partial charge in [0.2, 0.25) is 0 Å². The maximum absolute atomic E-state index is 8.08. The van der Waals surface area contributed by atoms with Crippen molar-refractivity contribution in [1.29, 1.82) is 0 Å². The maximum atomic E-state index is 8.08. The molecular weight excluding hydrogens is 140 g/mol. The Morgan fingerprint density at radius 2 is 1.73 bits per heavy atom. The average Bonchev–Trinajstić information content (AvgIpc) is 2.75. The molecule has 1 fully saturated rings. The Kier molecular flexibility index (Phi) is 24.3. The topological polar surface area (TPSA) is 32.8 Å². The molecule has 0 aliphatic carbocycles. The Morgan fingerprint density at radius 1 is 1.45 bits per heavy atom. The molecule has 0 aromatic rings. The van der Waals surface area contributed by atoms with Gasteiger partial charge in [0.25, 0.3) is 0 Å². The minimum Gasteiger partial charge on any atom is -0.394 e. The second kappa shape index (κ2) is 16.1. The second-order valence-electron chi connectivity index (χ2n) is 1.39. The van der Waals surface area contributed by atoms with Crippen LogP contribution >= 0.6 is 0 Å². The zero-order chi connectivity index (χ0) is 8.41. The molecule has 1 atom stereocenters. The van der Waals surface area contributed by atoms with Crippen molar-refractivity contribution in [3.8, 4) is 0 Å². The summed E-state index contributed by atoms with van der Waals surface area (Å²) >= 11 is 0. The molecule has 0 radical (unpaired) electrons. The zero-order valence-corrected chi connectivity index (χ0v) is 6.18. The minimum absolute atomic E-state index is 0. The van der Waals surface area contributed by atoms with E-state index in [4.69, 9.17) is 5.11 Å². The minimum atomic E-state index is 0. The lowest BCUT2D eigenvalue weighted by Crippen LogP contribution is -1.88. The second-order valence-corrected chi connectivity index (χ2v) is 1.39. The predicted molar refractivity (Wildman–Crippen MR) is 49.6 cm³/mol. The summed E-state index contributed by atoms with van der Waals surface area (Å²) in [6.07, 6.45) is 0.190. The van der Waals surface area contributed by atoms with Crippen molar-refractivity contribution >= 4 is 0 Å². The van der Waals surface area contributed by atoms with Crippen molar-refractivity contribution in [3.05, 3.63) is 32.0 Å². The summed E-state index contributed by atoms with van der Waals surface area (Å²) in [4.78, 5) is 0. The van der Waals surface area contributed by atoms with Gasteiger partial charge < -0.3 is 9.84 Å². The number of hydrogen-bond acceptors (Lipinski definition) is 2. The number of rotatable bonds is 1. The van der Waals surface area contributed by atoms with E-state index >= 15 is 0 Å². The molecule has 1 heterocycles. The van der Waals surface area contributed by atoms with Crippen molar-refractivity contribution < 1.29 is 9.84 Å². The van der Waals surface area contributed by atoms with E-state index in [0.29, 0.717) is 0 Å². The predicted octanol–water partition coefficient (Wildman–Crippen LogP) is 1.77. The first-order valence-corrected chi connectivity index (χ1v) is 2.86. The van der Waals surface area contributed by atoms with Crippen LogP contribution in [-0.2, 0) is 4.74 Å². The van der Waals surface area contributed by atoms with Gasteiger partial charge >= 0.3 is 0 Å². The number of ether oxygens (including phenoxy) is 1. The van der Waals surface area contributed by atoms with Crippen LogP contribution in [0.3, 0.4) is 0 Å². The number of aliphatic hydroxyl groups is 1. The van der Waals surface area contributed by atoms with Gasteiger partial charge in [-0.2, -0.15) is 0 Å². The lowest BCUT2D eigenvalue weighted by molar-refractivity contribution is 0.244. The van der Waals surface area contributed by atoms with E-state index in [-0.39, 0.29) is 20.1 Å². The van der Waals surface area contributed by atoms with E-state index < -0.39 is 0 Å². The SMILES string of the molecule is C.C=C.C=C=C.OCC1CO1. The van der Waals surface area contributed by atoms with Crippen LogP contribution in [0.5, 0.6) is 0 Å². The highest BCUT2D eigenvalue weighted by Gasteiger charge is 2.19. The number of aliphatic hydroxyl groups excluding tert-OH is 1. The van der Waals surface area contributed by atoms with Gasteiger partial charge in [-0.3, -0.25) is 0 Å². The molecule has 0 aromatic carbocycles. The largest absolute Gasteiger partial charge is 0.394 e. The van der Waals surface area contributed by atoms with Crippen molar-refractivity contribution in [2.45, 2.75) is 13.5 Å². The van der Waals surface area contributed by atoms with Crippen molar-refractivity contribution in [1.82, 2.24) is 0 Å². The van der Waals surface area contributed by atoms with Gasteiger partial charge in [-0.25, -0.2) is 0 Å². The van der Waals surface area contributed by atoms with Gasteiger partial charge in [0.05, 0.1) is 13.2 Å². The number of epoxide rings is 1. The Bertz CT molecular complexity index is 89.7. The van der Waals surface area contributed by atoms with Crippen LogP contribution in [0.4, 0.5) is 0 Å². The molecule has 0 bridgehead atoms. The summed E-state index contributed by atoms with van der Waals surface area (Å²) in [5.74, 6) is 0. The van der Waals surface area contributed by atoms with Gasteiger partial charge in [-0.05, 0) is 0 Å². The van der Waals surface area contributed by atoms with Crippen LogP contribution in [0, 0.1) is 0 Å². The van der Waals surface area contributed by atoms with Crippen LogP contribution < -0.4 is 0 Å². The third kappa shape index (κ3) is 27.1. The zero-order valence-electron chi connectivity index (χ0n) is 6.18. The van der Waals surface area contributed by atoms with Crippen LogP contribution in [0.2, 0.25) is 0 Å². The molecule has 1 aliphatic heterocycles. The summed E-state index contributed by atoms with van der Waals surface area (Å²) in [5.41, 5.74) is 2.25. The first-order chi connectivity index (χ1) is 4.85. The molecule has 1 aliphatic rings. The lowest BCUT2D eigenvalue weighted by atomic mass is 10.5. The highest BCUT2D eigenvalue weighted by atomic mass is 16.6. The maximum Gasteiger partial charge on any atom is 0.104 e. The Hall–Kier alpha value is -0.820. The molecule has 0 saturated carbocycles. The van der Waals surface area contributed by atoms with Crippen LogP contribution in [-0.4, -0.2) is 24.4 Å². The van der Waals surface area contributed by atoms with E-state index in [2.05, 4.69) is 36.8 Å². The third-order valence-corrected chi connectivity index (χ3v) is 0.606. The van der Waals surface area contributed by atoms with Gasteiger partial charge in [0, 0.05) is 0 Å². The van der Waals surface area contributed by atoms with E-state index in [1.54, 1.807) is 0 Å². The molecule has 2 heteroatoms. The lowest BCUT2D eigenvalue weighted by Gasteiger charge is -1.70. The monoisotopic (exact) mass is 158 g/mol. The Labute approximate surface area is 69.5 Å². The summed E-state index contributed by atoms with van der Waals surface area (Å²) in [7, 11) is 0. The molecule has 1 N–H and O–H groups in total. The fraction of sp³-hybridized carbons (Fsp3) is 0.444. The van der Waals surface area contributed by atoms with Crippen molar-refractivity contribution in [3.63, 3.8) is 0 Å². The normalized spacial score (nSPS) is 16.6. The standard InChI is InChI=1S/C3H6O2.C3H4.C2H4.CH4/c4-1-3-2-5-3;1-3-2;1-2;/h3-4H,1-2H2;1-2H2;1-2H2;1H4. The summed E-state index contributed by atoms with van der Waals surface area (Å²) < 4.78 is 4.61. The van der Waals surface area contributed by atoms with E-state index in [0.717, 1.165) is 6.61 Å². The highest BCUT2D eigenvalue weighted by molar-refractivity contribution is 4.65. The van der Waals surface area contributed by atoms with Crippen LogP contribution in [0.15, 0.2) is 32.0 Å². The molecular formula is C9H18O2. The molecule has 1 unspecified atom stereocenters. The van der Waals surface area contributed by atoms with Crippen molar-refractivity contribution in [2.75, 3.05) is 13.2 Å². The fourth-order valence-electron chi connectivity index (χ4n) is 0.173. The van der Waals surface area contributed by atoms with E-state index in [1.165, 1.54) is 0 Å². The molecule has 1 rings (SSSR count). The van der Waals surface area contributed by atoms with Crippen molar-refractivity contribution in [2.24, 2.45) is 0 Å². The molecule has 0 amide bonds. The molecule has 0 aromatic heterocycles. The summed E-state index contributed by atoms with van der Waals surface area (Å²) in [6.45, 7) is 13.2. The van der Waals surface area contributed by atoms with Gasteiger partial charge in [-0.1, -0.05) is 20.6 Å². The number of hydrogen-bond donors (Lipinski definition) is 1. The molecule has 1 saturated heterocycles. The Morgan fingerprint density at radius 3 is 1.73 bits per heavy atom. The first-order valence-electron chi connectivity index (χ1n) is 2.86. The van der Waals surface area contributed by atoms with Crippen LogP contribution in [0.1, 0.15) is 7.43 Å². The highest BCUT2D eigenvalue weighted by Crippen LogP contribution is 2.04. The molecule has 11 heavy (non-hydrogen) atoms.